The summed E-state index contributed by atoms with van der Waals surface area (Å²) in [5.41, 5.74) is 10.5. The van der Waals surface area contributed by atoms with Crippen LogP contribution >= 0.6 is 0 Å². The Balaban J connectivity index is 0.00000176. The van der Waals surface area contributed by atoms with E-state index < -0.39 is 18.1 Å². The van der Waals surface area contributed by atoms with Crippen LogP contribution in [0.5, 0.6) is 0 Å². The summed E-state index contributed by atoms with van der Waals surface area (Å²) in [5.74, 6) is -0.288. The van der Waals surface area contributed by atoms with Crippen molar-refractivity contribution in [3.63, 3.8) is 0 Å². The number of aliphatic imine (C=N–C) groups is 1. The molecule has 0 bridgehead atoms. The van der Waals surface area contributed by atoms with Gasteiger partial charge in [-0.05, 0) is 47.5 Å². The molecule has 0 spiro atoms. The maximum Gasteiger partial charge on any atom is 0.256 e. The second-order valence-electron chi connectivity index (χ2n) is 8.40. The number of hydrogen-bond donors (Lipinski definition) is 3. The predicted octanol–water partition coefficient (Wildman–Crippen LogP) is 1.54. The number of aliphatic hydroxyl groups is 1. The number of nitrogens with one attached hydrogen (secondary N) is 1. The lowest BCUT2D eigenvalue weighted by atomic mass is 10.1. The molecule has 10 heteroatoms. The van der Waals surface area contributed by atoms with Crippen molar-refractivity contribution in [1.29, 1.82) is 0 Å². The first-order valence-electron chi connectivity index (χ1n) is 11.9. The average Bonchev–Trinajstić information content (AvgIpc) is 3.40. The Labute approximate surface area is 210 Å². The van der Waals surface area contributed by atoms with Crippen LogP contribution < -0.4 is 16.0 Å². The minimum absolute atomic E-state index is 0.00554. The number of nitrogens with two attached hydrogens (primary N) is 1. The van der Waals surface area contributed by atoms with Gasteiger partial charge in [0.15, 0.2) is 12.4 Å². The monoisotopic (exact) mass is 495 g/mol. The summed E-state index contributed by atoms with van der Waals surface area (Å²) in [5, 5.41) is 12.9. The van der Waals surface area contributed by atoms with Gasteiger partial charge in [-0.2, -0.15) is 0 Å². The fraction of sp³-hybridized carbons (Fsp3) is 0.385. The van der Waals surface area contributed by atoms with Crippen LogP contribution in [0.3, 0.4) is 0 Å². The summed E-state index contributed by atoms with van der Waals surface area (Å²) in [7, 11) is 3.62. The Morgan fingerprint density at radius 2 is 1.97 bits per heavy atom. The molecule has 0 aliphatic carbocycles. The molecule has 0 aromatic heterocycles. The number of amidine groups is 1. The Bertz CT molecular complexity index is 1170. The molecule has 4 rings (SSSR count). The van der Waals surface area contributed by atoms with E-state index in [9.17, 15) is 19.5 Å². The summed E-state index contributed by atoms with van der Waals surface area (Å²) in [6.07, 6.45) is -2.56. The molecule has 0 radical (unpaired) electrons. The number of aldehydes is 1. The summed E-state index contributed by atoms with van der Waals surface area (Å²) in [6.45, 7) is 5.51. The van der Waals surface area contributed by atoms with Gasteiger partial charge < -0.3 is 35.5 Å². The molecule has 2 aliphatic heterocycles. The number of carbonyl (C=O) groups is 3. The van der Waals surface area contributed by atoms with Gasteiger partial charge in [0.2, 0.25) is 0 Å². The zero-order chi connectivity index (χ0) is 26.4. The average molecular weight is 496 g/mol. The Morgan fingerprint density at radius 1 is 1.25 bits per heavy atom. The molecule has 0 saturated carbocycles. The lowest BCUT2D eigenvalue weighted by molar-refractivity contribution is -0.139. The number of aliphatic hydroxyl groups excluding tert-OH is 1. The molecule has 2 aromatic rings. The van der Waals surface area contributed by atoms with E-state index in [0.717, 1.165) is 22.4 Å². The van der Waals surface area contributed by atoms with Crippen molar-refractivity contribution < 1.29 is 24.2 Å². The van der Waals surface area contributed by atoms with Gasteiger partial charge in [0.25, 0.3) is 11.8 Å². The molecule has 2 aliphatic rings. The molecule has 0 saturated heterocycles. The fourth-order valence-corrected chi connectivity index (χ4v) is 4.02. The number of amides is 2. The molecule has 2 unspecified atom stereocenters. The van der Waals surface area contributed by atoms with Crippen LogP contribution in [0, 0.1) is 0 Å². The van der Waals surface area contributed by atoms with Gasteiger partial charge in [-0.15, -0.1) is 0 Å². The van der Waals surface area contributed by atoms with Gasteiger partial charge >= 0.3 is 0 Å². The molecule has 192 valence electrons. The zero-order valence-corrected chi connectivity index (χ0v) is 21.0. The first kappa shape index (κ1) is 26.8. The van der Waals surface area contributed by atoms with Crippen molar-refractivity contribution >= 4 is 35.3 Å². The number of hydrogen-bond acceptors (Lipinski definition) is 8. The minimum atomic E-state index is -1.67. The van der Waals surface area contributed by atoms with Crippen molar-refractivity contribution in [2.45, 2.75) is 39.1 Å². The summed E-state index contributed by atoms with van der Waals surface area (Å²) in [4.78, 5) is 43.7. The zero-order valence-electron chi connectivity index (χ0n) is 21.0. The number of ether oxygens (including phenoxy) is 1. The second kappa shape index (κ2) is 11.8. The van der Waals surface area contributed by atoms with Crippen LogP contribution in [-0.4, -0.2) is 73.4 Å². The second-order valence-corrected chi connectivity index (χ2v) is 8.40. The molecule has 2 amide bonds. The smallest absolute Gasteiger partial charge is 0.256 e. The highest BCUT2D eigenvalue weighted by Crippen LogP contribution is 2.26. The third-order valence-corrected chi connectivity index (χ3v) is 6.03. The number of rotatable bonds is 9. The molecule has 2 aromatic carbocycles. The largest absolute Gasteiger partial charge is 0.383 e. The van der Waals surface area contributed by atoms with Gasteiger partial charge in [0.1, 0.15) is 11.9 Å². The third-order valence-electron chi connectivity index (χ3n) is 6.03. The van der Waals surface area contributed by atoms with E-state index in [-0.39, 0.29) is 12.5 Å². The number of nitrogens with zero attached hydrogens (tertiary/aromatic N) is 3. The van der Waals surface area contributed by atoms with Crippen LogP contribution in [0.15, 0.2) is 41.4 Å². The van der Waals surface area contributed by atoms with Gasteiger partial charge in [0.05, 0.1) is 13.2 Å². The molecular weight excluding hydrogens is 462 g/mol. The standard InChI is InChI=1S/C24H27N5O5.C2H6/c1-28(17-4-6-19-15(10-17)12-29(2)24(19)33)7-8-34-20(13-30)21(31)23(32)27-16-3-5-18-14(9-16)11-26-22(18)25;1-2/h3-6,9-10,13,20-21,31H,7-8,11-12H2,1-2H3,(H2,25,26)(H,27,32);1-2H3. The molecule has 2 atom stereocenters. The SMILES string of the molecule is CC.CN1Cc2cc(N(C)CCOC(C=O)C(O)C(=O)Nc3ccc4c(c3)CN=C4N)ccc2C1=O. The van der Waals surface area contributed by atoms with Crippen LogP contribution in [0.1, 0.15) is 40.9 Å². The maximum atomic E-state index is 12.5. The lowest BCUT2D eigenvalue weighted by Crippen LogP contribution is -2.41. The minimum Gasteiger partial charge on any atom is -0.383 e. The quantitative estimate of drug-likeness (QED) is 0.449. The summed E-state index contributed by atoms with van der Waals surface area (Å²) >= 11 is 0. The van der Waals surface area contributed by atoms with Gasteiger partial charge in [-0.1, -0.05) is 13.8 Å². The van der Waals surface area contributed by atoms with E-state index in [0.29, 0.717) is 43.0 Å². The lowest BCUT2D eigenvalue weighted by Gasteiger charge is -2.22. The maximum absolute atomic E-state index is 12.5. The molecule has 2 heterocycles. The van der Waals surface area contributed by atoms with Gasteiger partial charge in [-0.3, -0.25) is 14.6 Å². The Hall–Kier alpha value is -3.76. The summed E-state index contributed by atoms with van der Waals surface area (Å²) in [6, 6.07) is 10.7. The third kappa shape index (κ3) is 5.72. The van der Waals surface area contributed by atoms with E-state index in [2.05, 4.69) is 10.3 Å². The molecule has 10 nitrogen and oxygen atoms in total. The number of anilines is 2. The van der Waals surface area contributed by atoms with Crippen molar-refractivity contribution in [1.82, 2.24) is 4.90 Å². The van der Waals surface area contributed by atoms with E-state index >= 15 is 0 Å². The summed E-state index contributed by atoms with van der Waals surface area (Å²) < 4.78 is 5.50. The highest BCUT2D eigenvalue weighted by atomic mass is 16.5. The van der Waals surface area contributed by atoms with E-state index in [1.165, 1.54) is 0 Å². The van der Waals surface area contributed by atoms with Gasteiger partial charge in [-0.25, -0.2) is 0 Å². The molecular formula is C26H33N5O5. The predicted molar refractivity (Wildman–Crippen MR) is 138 cm³/mol. The highest BCUT2D eigenvalue weighted by molar-refractivity contribution is 6.02. The van der Waals surface area contributed by atoms with Crippen molar-refractivity contribution in [2.24, 2.45) is 10.7 Å². The normalized spacial score (nSPS) is 15.2. The number of likely N-dealkylation sites (N-methyl/N-ethyl adjacent to an activating group) is 1. The fourth-order valence-electron chi connectivity index (χ4n) is 4.02. The number of benzene rings is 2. The topological polar surface area (TPSA) is 138 Å². The number of fused-ring (bicyclic) bond motifs is 2. The van der Waals surface area contributed by atoms with Crippen LogP contribution in [-0.2, 0) is 27.4 Å². The van der Waals surface area contributed by atoms with Crippen LogP contribution in [0.2, 0.25) is 0 Å². The van der Waals surface area contributed by atoms with Crippen molar-refractivity contribution in [3.05, 3.63) is 58.7 Å². The highest BCUT2D eigenvalue weighted by Gasteiger charge is 2.28. The molecule has 0 fully saturated rings. The van der Waals surface area contributed by atoms with E-state index in [1.807, 2.05) is 37.9 Å². The number of carbonyl (C=O) groups excluding carboxylic acids is 3. The van der Waals surface area contributed by atoms with E-state index in [1.54, 1.807) is 36.2 Å². The molecule has 36 heavy (non-hydrogen) atoms. The van der Waals surface area contributed by atoms with E-state index in [4.69, 9.17) is 10.5 Å². The Morgan fingerprint density at radius 3 is 2.69 bits per heavy atom. The van der Waals surface area contributed by atoms with Crippen molar-refractivity contribution in [3.8, 4) is 0 Å². The van der Waals surface area contributed by atoms with Crippen molar-refractivity contribution in [2.75, 3.05) is 37.5 Å². The Kier molecular flexibility index (Phi) is 8.78. The first-order chi connectivity index (χ1) is 17.3. The first-order valence-corrected chi connectivity index (χ1v) is 11.9. The van der Waals surface area contributed by atoms with Crippen LogP contribution in [0.4, 0.5) is 11.4 Å². The van der Waals surface area contributed by atoms with Crippen LogP contribution in [0.25, 0.3) is 0 Å². The molecule has 4 N–H and O–H groups in total. The van der Waals surface area contributed by atoms with Gasteiger partial charge in [0, 0.05) is 49.7 Å².